The Bertz CT molecular complexity index is 963. The first-order valence-electron chi connectivity index (χ1n) is 10.0. The van der Waals surface area contributed by atoms with Gasteiger partial charge < -0.3 is 14.8 Å². The van der Waals surface area contributed by atoms with Gasteiger partial charge in [0.15, 0.2) is 0 Å². The number of carbonyl (C=O) groups is 2. The highest BCUT2D eigenvalue weighted by Crippen LogP contribution is 2.32. The molecule has 6 heteroatoms. The van der Waals surface area contributed by atoms with Gasteiger partial charge in [-0.15, -0.1) is 6.58 Å². The molecule has 0 radical (unpaired) electrons. The largest absolute Gasteiger partial charge is 0.494 e. The predicted octanol–water partition coefficient (Wildman–Crippen LogP) is 4.25. The Kier molecular flexibility index (Phi) is 6.91. The number of amides is 2. The second kappa shape index (κ2) is 9.78. The fourth-order valence-corrected chi connectivity index (χ4v) is 3.17. The average molecular weight is 406 g/mol. The molecule has 2 aromatic carbocycles. The molecule has 1 heterocycles. The van der Waals surface area contributed by atoms with Crippen LogP contribution in [0.5, 0.6) is 11.5 Å². The maximum atomic E-state index is 13.0. The Morgan fingerprint density at radius 2 is 1.77 bits per heavy atom. The van der Waals surface area contributed by atoms with E-state index < -0.39 is 0 Å². The van der Waals surface area contributed by atoms with Crippen LogP contribution in [0.15, 0.2) is 66.9 Å². The monoisotopic (exact) mass is 406 g/mol. The summed E-state index contributed by atoms with van der Waals surface area (Å²) in [6, 6.07) is 14.5. The van der Waals surface area contributed by atoms with Crippen LogP contribution in [-0.2, 0) is 9.59 Å². The summed E-state index contributed by atoms with van der Waals surface area (Å²) in [6.45, 7) is 8.89. The molecule has 0 aromatic heterocycles. The Balaban J connectivity index is 1.98. The molecular formula is C24H26N2O4. The normalized spacial score (nSPS) is 13.6. The summed E-state index contributed by atoms with van der Waals surface area (Å²) in [5.74, 6) is 0.662. The topological polar surface area (TPSA) is 67.9 Å². The van der Waals surface area contributed by atoms with Gasteiger partial charge in [0.2, 0.25) is 0 Å². The molecule has 156 valence electrons. The van der Waals surface area contributed by atoms with Gasteiger partial charge in [0, 0.05) is 18.3 Å². The number of carbonyl (C=O) groups excluding carboxylic acids is 2. The fourth-order valence-electron chi connectivity index (χ4n) is 3.17. The summed E-state index contributed by atoms with van der Waals surface area (Å²) < 4.78 is 11.1. The zero-order valence-electron chi connectivity index (χ0n) is 17.3. The van der Waals surface area contributed by atoms with Crippen LogP contribution in [0.4, 0.5) is 5.69 Å². The van der Waals surface area contributed by atoms with Crippen molar-refractivity contribution in [3.63, 3.8) is 0 Å². The third-order valence-corrected chi connectivity index (χ3v) is 4.51. The van der Waals surface area contributed by atoms with Crippen molar-refractivity contribution < 1.29 is 19.1 Å². The van der Waals surface area contributed by atoms with Crippen molar-refractivity contribution >= 4 is 23.1 Å². The maximum absolute atomic E-state index is 13.0. The van der Waals surface area contributed by atoms with Crippen LogP contribution >= 0.6 is 0 Å². The highest BCUT2D eigenvalue weighted by molar-refractivity contribution is 6.36. The van der Waals surface area contributed by atoms with Gasteiger partial charge >= 0.3 is 0 Å². The lowest BCUT2D eigenvalue weighted by atomic mass is 10.0. The lowest BCUT2D eigenvalue weighted by molar-refractivity contribution is -0.136. The second-order valence-electron chi connectivity index (χ2n) is 6.72. The summed E-state index contributed by atoms with van der Waals surface area (Å²) in [6.07, 6.45) is 2.44. The van der Waals surface area contributed by atoms with Crippen molar-refractivity contribution in [3.05, 3.63) is 72.4 Å². The number of rotatable bonds is 10. The fraction of sp³-hybridized carbons (Fsp3) is 0.250. The van der Waals surface area contributed by atoms with E-state index in [1.807, 2.05) is 32.0 Å². The summed E-state index contributed by atoms with van der Waals surface area (Å²) >= 11 is 0. The summed E-state index contributed by atoms with van der Waals surface area (Å²) in [7, 11) is 0. The van der Waals surface area contributed by atoms with Gasteiger partial charge in [-0.1, -0.05) is 31.2 Å². The number of hydrogen-bond donors (Lipinski definition) is 1. The predicted molar refractivity (Wildman–Crippen MR) is 117 cm³/mol. The minimum atomic E-state index is -0.386. The summed E-state index contributed by atoms with van der Waals surface area (Å²) in [4.78, 5) is 27.2. The van der Waals surface area contributed by atoms with Gasteiger partial charge in [0.05, 0.1) is 18.8 Å². The zero-order valence-corrected chi connectivity index (χ0v) is 17.3. The first-order chi connectivity index (χ1) is 14.6. The second-order valence-corrected chi connectivity index (χ2v) is 6.72. The van der Waals surface area contributed by atoms with Gasteiger partial charge in [0.25, 0.3) is 11.8 Å². The summed E-state index contributed by atoms with van der Waals surface area (Å²) in [5, 5.41) is 3.13. The Labute approximate surface area is 176 Å². The van der Waals surface area contributed by atoms with Crippen LogP contribution in [0, 0.1) is 0 Å². The van der Waals surface area contributed by atoms with Gasteiger partial charge in [-0.05, 0) is 43.2 Å². The van der Waals surface area contributed by atoms with Crippen LogP contribution in [0.25, 0.3) is 5.57 Å². The Hall–Kier alpha value is -3.54. The van der Waals surface area contributed by atoms with Crippen LogP contribution in [0.3, 0.4) is 0 Å². The molecule has 1 aliphatic heterocycles. The number of anilines is 1. The molecule has 0 aliphatic carbocycles. The van der Waals surface area contributed by atoms with Crippen LogP contribution < -0.4 is 14.8 Å². The van der Waals surface area contributed by atoms with Crippen molar-refractivity contribution in [2.24, 2.45) is 0 Å². The van der Waals surface area contributed by atoms with Gasteiger partial charge in [-0.25, -0.2) is 0 Å². The number of nitrogens with one attached hydrogen (secondary N) is 1. The quantitative estimate of drug-likeness (QED) is 0.472. The molecule has 0 unspecified atom stereocenters. The number of ether oxygens (including phenoxy) is 2. The molecule has 6 nitrogen and oxygen atoms in total. The third-order valence-electron chi connectivity index (χ3n) is 4.51. The molecule has 0 fully saturated rings. The van der Waals surface area contributed by atoms with Gasteiger partial charge in [0.1, 0.15) is 17.2 Å². The first kappa shape index (κ1) is 21.2. The lowest BCUT2D eigenvalue weighted by Crippen LogP contribution is -2.32. The van der Waals surface area contributed by atoms with E-state index in [9.17, 15) is 9.59 Å². The van der Waals surface area contributed by atoms with E-state index >= 15 is 0 Å². The van der Waals surface area contributed by atoms with Crippen LogP contribution in [0.1, 0.15) is 25.8 Å². The molecule has 1 aliphatic rings. The molecule has 30 heavy (non-hydrogen) atoms. The SMILES string of the molecule is C=CCN1C(=O)C(Nc2cccc(OCC)c2)=C(c2ccc(OCCC)cc2)C1=O. The Morgan fingerprint density at radius 1 is 1.00 bits per heavy atom. The van der Waals surface area contributed by atoms with Gasteiger partial charge in [-0.2, -0.15) is 0 Å². The minimum Gasteiger partial charge on any atom is -0.494 e. The lowest BCUT2D eigenvalue weighted by Gasteiger charge is -2.13. The third kappa shape index (κ3) is 4.54. The molecular weight excluding hydrogens is 380 g/mol. The van der Waals surface area contributed by atoms with E-state index in [1.54, 1.807) is 30.3 Å². The van der Waals surface area contributed by atoms with E-state index in [-0.39, 0.29) is 24.1 Å². The Morgan fingerprint density at radius 3 is 2.43 bits per heavy atom. The molecule has 2 aromatic rings. The standard InChI is InChI=1S/C24H26N2O4/c1-4-14-26-23(27)21(17-10-12-19(13-11-17)30-15-5-2)22(24(26)28)25-18-8-7-9-20(16-18)29-6-3/h4,7-13,16,25H,1,5-6,14-15H2,2-3H3. The average Bonchev–Trinajstić information content (AvgIpc) is 2.98. The van der Waals surface area contributed by atoms with E-state index in [1.165, 1.54) is 11.0 Å². The van der Waals surface area contributed by atoms with Crippen molar-refractivity contribution in [1.82, 2.24) is 4.90 Å². The van der Waals surface area contributed by atoms with Crippen molar-refractivity contribution in [1.29, 1.82) is 0 Å². The highest BCUT2D eigenvalue weighted by Gasteiger charge is 2.38. The number of hydrogen-bond acceptors (Lipinski definition) is 5. The smallest absolute Gasteiger partial charge is 0.278 e. The molecule has 0 bridgehead atoms. The zero-order chi connectivity index (χ0) is 21.5. The van der Waals surface area contributed by atoms with E-state index in [2.05, 4.69) is 11.9 Å². The molecule has 0 saturated carbocycles. The number of nitrogens with zero attached hydrogens (tertiary/aromatic N) is 1. The van der Waals surface area contributed by atoms with Crippen LogP contribution in [-0.4, -0.2) is 36.5 Å². The van der Waals surface area contributed by atoms with E-state index in [4.69, 9.17) is 9.47 Å². The molecule has 0 spiro atoms. The van der Waals surface area contributed by atoms with E-state index in [0.29, 0.717) is 35.8 Å². The molecule has 1 N–H and O–H groups in total. The number of benzene rings is 2. The first-order valence-corrected chi connectivity index (χ1v) is 10.0. The van der Waals surface area contributed by atoms with Gasteiger partial charge in [-0.3, -0.25) is 14.5 Å². The van der Waals surface area contributed by atoms with Crippen molar-refractivity contribution in [3.8, 4) is 11.5 Å². The van der Waals surface area contributed by atoms with E-state index in [0.717, 1.165) is 12.2 Å². The molecule has 0 saturated heterocycles. The number of imide groups is 1. The van der Waals surface area contributed by atoms with Crippen molar-refractivity contribution in [2.75, 3.05) is 25.1 Å². The minimum absolute atomic E-state index is 0.142. The summed E-state index contributed by atoms with van der Waals surface area (Å²) in [5.41, 5.74) is 1.87. The molecule has 2 amide bonds. The molecule has 3 rings (SSSR count). The van der Waals surface area contributed by atoms with Crippen LogP contribution in [0.2, 0.25) is 0 Å². The maximum Gasteiger partial charge on any atom is 0.278 e. The van der Waals surface area contributed by atoms with Crippen molar-refractivity contribution in [2.45, 2.75) is 20.3 Å². The molecule has 0 atom stereocenters. The highest BCUT2D eigenvalue weighted by atomic mass is 16.5.